The number of hydrogen-bond donors (Lipinski definition) is 0. The van der Waals surface area contributed by atoms with Crippen LogP contribution in [0.1, 0.15) is 12.6 Å². The normalized spacial score (nSPS) is 10.5. The topological polar surface area (TPSA) is 22.1 Å². The van der Waals surface area contributed by atoms with Gasteiger partial charge in [-0.05, 0) is 24.4 Å². The van der Waals surface area contributed by atoms with Crippen LogP contribution in [0.25, 0.3) is 10.8 Å². The third kappa shape index (κ3) is 2.05. The monoisotopic (exact) mass is 221 g/mol. The van der Waals surface area contributed by atoms with Crippen molar-refractivity contribution in [2.45, 2.75) is 12.8 Å². The van der Waals surface area contributed by atoms with Crippen LogP contribution in [0.15, 0.2) is 30.3 Å². The molecule has 1 aromatic carbocycles. The Kier molecular flexibility index (Phi) is 3.07. The van der Waals surface area contributed by atoms with Gasteiger partial charge in [0.1, 0.15) is 0 Å². The average Bonchev–Trinajstić information content (AvgIpc) is 2.29. The lowest BCUT2D eigenvalue weighted by Gasteiger charge is -2.07. The predicted octanol–water partition coefficient (Wildman–Crippen LogP) is 3.37. The fraction of sp³-hybridized carbons (Fsp3) is 0.250. The van der Waals surface area contributed by atoms with Crippen molar-refractivity contribution in [2.24, 2.45) is 0 Å². The largest absolute Gasteiger partial charge is 0.478 e. The molecule has 0 fully saturated rings. The molecular formula is C12H12ClNO. The minimum Gasteiger partial charge on any atom is -0.478 e. The zero-order valence-electron chi connectivity index (χ0n) is 8.53. The maximum Gasteiger partial charge on any atom is 0.221 e. The molecule has 0 radical (unpaired) electrons. The standard InChI is InChI=1S/C12H12ClNO/c1-2-15-12-11-6-4-3-5-9(11)7-10(8-13)14-12/h3-7H,2,8H2,1H3. The van der Waals surface area contributed by atoms with Crippen molar-refractivity contribution < 1.29 is 4.74 Å². The minimum atomic E-state index is 0.408. The van der Waals surface area contributed by atoms with Crippen molar-refractivity contribution in [3.8, 4) is 5.88 Å². The Bertz CT molecular complexity index is 470. The van der Waals surface area contributed by atoms with Gasteiger partial charge in [0, 0.05) is 5.39 Å². The second-order valence-electron chi connectivity index (χ2n) is 3.21. The van der Waals surface area contributed by atoms with E-state index in [-0.39, 0.29) is 0 Å². The molecule has 0 aliphatic rings. The van der Waals surface area contributed by atoms with Crippen LogP contribution in [0, 0.1) is 0 Å². The van der Waals surface area contributed by atoms with E-state index in [1.807, 2.05) is 37.3 Å². The molecule has 15 heavy (non-hydrogen) atoms. The molecule has 0 atom stereocenters. The van der Waals surface area contributed by atoms with E-state index in [0.29, 0.717) is 18.4 Å². The summed E-state index contributed by atoms with van der Waals surface area (Å²) in [4.78, 5) is 4.35. The Balaban J connectivity index is 2.63. The number of aromatic nitrogens is 1. The lowest BCUT2D eigenvalue weighted by atomic mass is 10.1. The molecule has 2 rings (SSSR count). The lowest BCUT2D eigenvalue weighted by molar-refractivity contribution is 0.330. The molecule has 0 saturated heterocycles. The highest BCUT2D eigenvalue weighted by Crippen LogP contribution is 2.24. The van der Waals surface area contributed by atoms with Crippen LogP contribution in [-0.2, 0) is 5.88 Å². The molecule has 0 saturated carbocycles. The molecule has 0 aliphatic carbocycles. The van der Waals surface area contributed by atoms with E-state index < -0.39 is 0 Å². The lowest BCUT2D eigenvalue weighted by Crippen LogP contribution is -1.97. The van der Waals surface area contributed by atoms with Gasteiger partial charge in [0.2, 0.25) is 5.88 Å². The Morgan fingerprint density at radius 2 is 2.13 bits per heavy atom. The molecule has 0 aliphatic heterocycles. The minimum absolute atomic E-state index is 0.408. The summed E-state index contributed by atoms with van der Waals surface area (Å²) in [6.45, 7) is 2.56. The van der Waals surface area contributed by atoms with E-state index in [9.17, 15) is 0 Å². The van der Waals surface area contributed by atoms with Crippen molar-refractivity contribution in [3.05, 3.63) is 36.0 Å². The van der Waals surface area contributed by atoms with Crippen molar-refractivity contribution >= 4 is 22.4 Å². The van der Waals surface area contributed by atoms with E-state index >= 15 is 0 Å². The molecule has 1 heterocycles. The third-order valence-electron chi connectivity index (χ3n) is 2.18. The number of nitrogens with zero attached hydrogens (tertiary/aromatic N) is 1. The van der Waals surface area contributed by atoms with Gasteiger partial charge in [-0.25, -0.2) is 4.98 Å². The van der Waals surface area contributed by atoms with Crippen LogP contribution in [0.2, 0.25) is 0 Å². The highest BCUT2D eigenvalue weighted by atomic mass is 35.5. The van der Waals surface area contributed by atoms with Crippen LogP contribution >= 0.6 is 11.6 Å². The Hall–Kier alpha value is -1.28. The van der Waals surface area contributed by atoms with Gasteiger partial charge in [-0.3, -0.25) is 0 Å². The smallest absolute Gasteiger partial charge is 0.221 e. The average molecular weight is 222 g/mol. The molecule has 0 amide bonds. The molecule has 2 nitrogen and oxygen atoms in total. The quantitative estimate of drug-likeness (QED) is 0.742. The van der Waals surface area contributed by atoms with Crippen molar-refractivity contribution in [1.82, 2.24) is 4.98 Å². The molecule has 0 N–H and O–H groups in total. The van der Waals surface area contributed by atoms with Crippen molar-refractivity contribution in [2.75, 3.05) is 6.61 Å². The fourth-order valence-electron chi connectivity index (χ4n) is 1.54. The van der Waals surface area contributed by atoms with Gasteiger partial charge in [-0.2, -0.15) is 0 Å². The summed E-state index contributed by atoms with van der Waals surface area (Å²) in [5.41, 5.74) is 0.846. The summed E-state index contributed by atoms with van der Waals surface area (Å²) in [6.07, 6.45) is 0. The number of ether oxygens (including phenoxy) is 1. The first kappa shape index (κ1) is 10.2. The number of fused-ring (bicyclic) bond motifs is 1. The Morgan fingerprint density at radius 1 is 1.33 bits per heavy atom. The molecule has 0 unspecified atom stereocenters. The summed E-state index contributed by atoms with van der Waals surface area (Å²) in [7, 11) is 0. The molecule has 3 heteroatoms. The third-order valence-corrected chi connectivity index (χ3v) is 2.45. The molecule has 0 spiro atoms. The van der Waals surface area contributed by atoms with E-state index in [0.717, 1.165) is 16.5 Å². The van der Waals surface area contributed by atoms with E-state index in [4.69, 9.17) is 16.3 Å². The Morgan fingerprint density at radius 3 is 2.87 bits per heavy atom. The van der Waals surface area contributed by atoms with Gasteiger partial charge < -0.3 is 4.74 Å². The molecule has 1 aromatic heterocycles. The summed E-state index contributed by atoms with van der Waals surface area (Å²) in [5, 5.41) is 2.15. The van der Waals surface area contributed by atoms with Crippen LogP contribution in [0.4, 0.5) is 0 Å². The van der Waals surface area contributed by atoms with Gasteiger partial charge in [0.05, 0.1) is 18.2 Å². The van der Waals surface area contributed by atoms with Gasteiger partial charge in [0.25, 0.3) is 0 Å². The van der Waals surface area contributed by atoms with Crippen LogP contribution in [0.5, 0.6) is 5.88 Å². The number of alkyl halides is 1. The summed E-state index contributed by atoms with van der Waals surface area (Å²) < 4.78 is 5.49. The predicted molar refractivity (Wildman–Crippen MR) is 62.5 cm³/mol. The van der Waals surface area contributed by atoms with Gasteiger partial charge >= 0.3 is 0 Å². The second kappa shape index (κ2) is 4.49. The number of rotatable bonds is 3. The molecule has 78 valence electrons. The van der Waals surface area contributed by atoms with Gasteiger partial charge in [-0.15, -0.1) is 11.6 Å². The first-order valence-electron chi connectivity index (χ1n) is 4.92. The SMILES string of the molecule is CCOc1nc(CCl)cc2ccccc12. The summed E-state index contributed by atoms with van der Waals surface area (Å²) in [6, 6.07) is 10.0. The highest BCUT2D eigenvalue weighted by Gasteiger charge is 2.05. The van der Waals surface area contributed by atoms with Crippen molar-refractivity contribution in [1.29, 1.82) is 0 Å². The van der Waals surface area contributed by atoms with Crippen LogP contribution < -0.4 is 4.74 Å². The number of halogens is 1. The zero-order valence-corrected chi connectivity index (χ0v) is 9.29. The number of benzene rings is 1. The Labute approximate surface area is 93.8 Å². The first-order chi connectivity index (χ1) is 7.35. The highest BCUT2D eigenvalue weighted by molar-refractivity contribution is 6.17. The molecular weight excluding hydrogens is 210 g/mol. The summed E-state index contributed by atoms with van der Waals surface area (Å²) >= 11 is 5.78. The second-order valence-corrected chi connectivity index (χ2v) is 3.47. The molecule has 0 bridgehead atoms. The number of pyridine rings is 1. The van der Waals surface area contributed by atoms with Gasteiger partial charge in [-0.1, -0.05) is 18.2 Å². The van der Waals surface area contributed by atoms with Gasteiger partial charge in [0.15, 0.2) is 0 Å². The maximum absolute atomic E-state index is 5.78. The van der Waals surface area contributed by atoms with E-state index in [1.165, 1.54) is 0 Å². The summed E-state index contributed by atoms with van der Waals surface area (Å²) in [5.74, 6) is 1.08. The van der Waals surface area contributed by atoms with Crippen LogP contribution in [0.3, 0.4) is 0 Å². The fourth-order valence-corrected chi connectivity index (χ4v) is 1.67. The zero-order chi connectivity index (χ0) is 10.7. The number of hydrogen-bond acceptors (Lipinski definition) is 2. The van der Waals surface area contributed by atoms with Crippen molar-refractivity contribution in [3.63, 3.8) is 0 Å². The first-order valence-corrected chi connectivity index (χ1v) is 5.46. The van der Waals surface area contributed by atoms with Crippen LogP contribution in [-0.4, -0.2) is 11.6 Å². The maximum atomic E-state index is 5.78. The van der Waals surface area contributed by atoms with E-state index in [2.05, 4.69) is 4.98 Å². The molecule has 2 aromatic rings. The van der Waals surface area contributed by atoms with E-state index in [1.54, 1.807) is 0 Å².